The van der Waals surface area contributed by atoms with Crippen molar-refractivity contribution in [3.05, 3.63) is 64.8 Å². The van der Waals surface area contributed by atoms with Gasteiger partial charge in [-0.1, -0.05) is 12.1 Å². The Morgan fingerprint density at radius 1 is 1.33 bits per heavy atom. The molecule has 6 heteroatoms. The molecule has 0 aliphatic carbocycles. The van der Waals surface area contributed by atoms with E-state index in [1.807, 2.05) is 17.0 Å². The molecule has 0 unspecified atom stereocenters. The summed E-state index contributed by atoms with van der Waals surface area (Å²) in [4.78, 5) is 30.6. The van der Waals surface area contributed by atoms with E-state index in [1.165, 1.54) is 10.6 Å². The van der Waals surface area contributed by atoms with Crippen LogP contribution in [0.25, 0.3) is 0 Å². The van der Waals surface area contributed by atoms with Crippen LogP contribution in [-0.4, -0.2) is 40.0 Å². The lowest BCUT2D eigenvalue weighted by Gasteiger charge is -2.26. The van der Waals surface area contributed by atoms with Crippen LogP contribution in [-0.2, 0) is 17.9 Å². The van der Waals surface area contributed by atoms with Crippen molar-refractivity contribution in [3.8, 4) is 0 Å². The van der Waals surface area contributed by atoms with Gasteiger partial charge in [-0.2, -0.15) is 0 Å². The first-order valence-electron chi connectivity index (χ1n) is 8.25. The van der Waals surface area contributed by atoms with Gasteiger partial charge in [0.1, 0.15) is 6.54 Å². The predicted octanol–water partition coefficient (Wildman–Crippen LogP) is 0.882. The Bertz CT molecular complexity index is 723. The number of rotatable bonds is 6. The van der Waals surface area contributed by atoms with Crippen molar-refractivity contribution < 1.29 is 4.79 Å². The third-order valence-electron chi connectivity index (χ3n) is 4.29. The molecule has 2 aromatic rings. The summed E-state index contributed by atoms with van der Waals surface area (Å²) in [5, 5.41) is 3.33. The van der Waals surface area contributed by atoms with E-state index < -0.39 is 0 Å². The number of nitrogens with one attached hydrogen (secondary N) is 1. The number of hydrogen-bond acceptors (Lipinski definition) is 4. The number of pyridine rings is 2. The Morgan fingerprint density at radius 3 is 2.96 bits per heavy atom. The van der Waals surface area contributed by atoms with Crippen LogP contribution in [0.5, 0.6) is 0 Å². The number of carbonyl (C=O) groups excluding carboxylic acids is 1. The van der Waals surface area contributed by atoms with Crippen molar-refractivity contribution >= 4 is 5.91 Å². The van der Waals surface area contributed by atoms with Crippen LogP contribution in [0.15, 0.2) is 53.7 Å². The van der Waals surface area contributed by atoms with Gasteiger partial charge in [0, 0.05) is 37.7 Å². The minimum atomic E-state index is -0.158. The lowest BCUT2D eigenvalue weighted by Crippen LogP contribution is -2.39. The van der Waals surface area contributed by atoms with E-state index in [0.717, 1.165) is 25.1 Å². The van der Waals surface area contributed by atoms with Gasteiger partial charge in [0.2, 0.25) is 5.91 Å². The topological polar surface area (TPSA) is 67.2 Å². The summed E-state index contributed by atoms with van der Waals surface area (Å²) >= 11 is 0. The third kappa shape index (κ3) is 4.29. The van der Waals surface area contributed by atoms with E-state index in [4.69, 9.17) is 0 Å². The van der Waals surface area contributed by atoms with Crippen molar-refractivity contribution in [2.75, 3.05) is 19.6 Å². The average molecular weight is 326 g/mol. The van der Waals surface area contributed by atoms with Crippen LogP contribution in [0.1, 0.15) is 12.0 Å². The molecule has 24 heavy (non-hydrogen) atoms. The first-order chi connectivity index (χ1) is 11.7. The molecule has 126 valence electrons. The zero-order valence-electron chi connectivity index (χ0n) is 13.6. The number of nitrogens with zero attached hydrogens (tertiary/aromatic N) is 3. The normalized spacial score (nSPS) is 16.9. The molecular weight excluding hydrogens is 304 g/mol. The van der Waals surface area contributed by atoms with Gasteiger partial charge < -0.3 is 14.8 Å². The van der Waals surface area contributed by atoms with E-state index in [0.29, 0.717) is 19.0 Å². The molecule has 6 nitrogen and oxygen atoms in total. The molecule has 1 atom stereocenters. The zero-order valence-corrected chi connectivity index (χ0v) is 13.6. The highest BCUT2D eigenvalue weighted by molar-refractivity contribution is 5.76. The smallest absolute Gasteiger partial charge is 0.250 e. The zero-order chi connectivity index (χ0) is 16.8. The van der Waals surface area contributed by atoms with Crippen molar-refractivity contribution in [1.29, 1.82) is 0 Å². The van der Waals surface area contributed by atoms with E-state index in [-0.39, 0.29) is 18.0 Å². The lowest BCUT2D eigenvalue weighted by molar-refractivity contribution is -0.133. The monoisotopic (exact) mass is 326 g/mol. The maximum absolute atomic E-state index is 12.8. The van der Waals surface area contributed by atoms with Crippen LogP contribution in [0.4, 0.5) is 0 Å². The lowest BCUT2D eigenvalue weighted by atomic mass is 10.1. The summed E-state index contributed by atoms with van der Waals surface area (Å²) in [6, 6.07) is 8.76. The highest BCUT2D eigenvalue weighted by Gasteiger charge is 2.22. The fraction of sp³-hybridized carbons (Fsp3) is 0.389. The molecule has 3 rings (SSSR count). The molecule has 1 saturated heterocycles. The quantitative estimate of drug-likeness (QED) is 0.856. The highest BCUT2D eigenvalue weighted by atomic mass is 16.2. The number of aromatic nitrogens is 2. The molecule has 0 saturated carbocycles. The fourth-order valence-electron chi connectivity index (χ4n) is 2.99. The summed E-state index contributed by atoms with van der Waals surface area (Å²) in [5.41, 5.74) is 0.840. The van der Waals surface area contributed by atoms with Gasteiger partial charge in [-0.15, -0.1) is 0 Å². The number of carbonyl (C=O) groups is 1. The Labute approximate surface area is 141 Å². The third-order valence-corrected chi connectivity index (χ3v) is 4.29. The SMILES string of the molecule is O=C(Cn1ccccc1=O)N(Cc1cccnc1)C[C@H]1CCNC1. The molecule has 0 spiro atoms. The van der Waals surface area contributed by atoms with E-state index in [1.54, 1.807) is 30.7 Å². The molecule has 0 radical (unpaired) electrons. The van der Waals surface area contributed by atoms with Crippen LogP contribution in [0.3, 0.4) is 0 Å². The summed E-state index contributed by atoms with van der Waals surface area (Å²) < 4.78 is 1.45. The predicted molar refractivity (Wildman–Crippen MR) is 91.3 cm³/mol. The summed E-state index contributed by atoms with van der Waals surface area (Å²) in [6.07, 6.45) is 6.23. The second-order valence-electron chi connectivity index (χ2n) is 6.16. The van der Waals surface area contributed by atoms with E-state index in [2.05, 4.69) is 10.3 Å². The molecule has 1 aliphatic heterocycles. The second-order valence-corrected chi connectivity index (χ2v) is 6.16. The van der Waals surface area contributed by atoms with Crippen LogP contribution in [0, 0.1) is 5.92 Å². The molecule has 1 aliphatic rings. The van der Waals surface area contributed by atoms with Crippen LogP contribution in [0.2, 0.25) is 0 Å². The molecule has 0 aromatic carbocycles. The first kappa shape index (κ1) is 16.4. The molecule has 0 bridgehead atoms. The largest absolute Gasteiger partial charge is 0.336 e. The Hall–Kier alpha value is -2.47. The molecule has 3 heterocycles. The standard InChI is InChI=1S/C18H22N4O2/c23-17-5-1-2-9-21(17)14-18(24)22(13-16-6-8-20-11-16)12-15-4-3-7-19-10-15/h1-5,7,9-10,16,20H,6,8,11-14H2/t16-/m0/s1. The Morgan fingerprint density at radius 2 is 2.25 bits per heavy atom. The van der Waals surface area contributed by atoms with Gasteiger partial charge in [0.05, 0.1) is 0 Å². The summed E-state index contributed by atoms with van der Waals surface area (Å²) in [5.74, 6) is 0.414. The van der Waals surface area contributed by atoms with Crippen molar-refractivity contribution in [1.82, 2.24) is 19.8 Å². The van der Waals surface area contributed by atoms with Gasteiger partial charge in [-0.25, -0.2) is 0 Å². The van der Waals surface area contributed by atoms with Gasteiger partial charge in [0.15, 0.2) is 0 Å². The number of hydrogen-bond donors (Lipinski definition) is 1. The number of amides is 1. The van der Waals surface area contributed by atoms with Crippen molar-refractivity contribution in [3.63, 3.8) is 0 Å². The minimum absolute atomic E-state index is 0.0425. The second kappa shape index (κ2) is 7.88. The molecule has 1 fully saturated rings. The summed E-state index contributed by atoms with van der Waals surface area (Å²) in [6.45, 7) is 3.22. The minimum Gasteiger partial charge on any atom is -0.336 e. The average Bonchev–Trinajstić information content (AvgIpc) is 3.10. The van der Waals surface area contributed by atoms with Gasteiger partial charge >= 0.3 is 0 Å². The van der Waals surface area contributed by atoms with E-state index in [9.17, 15) is 9.59 Å². The maximum Gasteiger partial charge on any atom is 0.250 e. The molecule has 2 aromatic heterocycles. The van der Waals surface area contributed by atoms with Crippen LogP contribution >= 0.6 is 0 Å². The van der Waals surface area contributed by atoms with Gasteiger partial charge in [-0.3, -0.25) is 14.6 Å². The maximum atomic E-state index is 12.8. The van der Waals surface area contributed by atoms with Crippen molar-refractivity contribution in [2.45, 2.75) is 19.5 Å². The van der Waals surface area contributed by atoms with Gasteiger partial charge in [-0.05, 0) is 43.1 Å². The van der Waals surface area contributed by atoms with Crippen LogP contribution < -0.4 is 10.9 Å². The fourth-order valence-corrected chi connectivity index (χ4v) is 2.99. The van der Waals surface area contributed by atoms with Gasteiger partial charge in [0.25, 0.3) is 5.56 Å². The molecule has 1 amide bonds. The Kier molecular flexibility index (Phi) is 5.38. The first-order valence-corrected chi connectivity index (χ1v) is 8.25. The molecule has 1 N–H and O–H groups in total. The van der Waals surface area contributed by atoms with Crippen molar-refractivity contribution in [2.24, 2.45) is 5.92 Å². The Balaban J connectivity index is 1.73. The summed E-state index contributed by atoms with van der Waals surface area (Å²) in [7, 11) is 0. The van der Waals surface area contributed by atoms with E-state index >= 15 is 0 Å². The molecular formula is C18H22N4O2. The highest BCUT2D eigenvalue weighted by Crippen LogP contribution is 2.13.